The van der Waals surface area contributed by atoms with Gasteiger partial charge in [0.1, 0.15) is 5.75 Å². The summed E-state index contributed by atoms with van der Waals surface area (Å²) in [4.78, 5) is 26.4. The van der Waals surface area contributed by atoms with Crippen molar-refractivity contribution >= 4 is 17.5 Å². The van der Waals surface area contributed by atoms with Crippen LogP contribution in [0, 0.1) is 0 Å². The van der Waals surface area contributed by atoms with Crippen LogP contribution in [0.5, 0.6) is 5.75 Å². The highest BCUT2D eigenvalue weighted by atomic mass is 16.5. The van der Waals surface area contributed by atoms with Gasteiger partial charge in [-0.25, -0.2) is 0 Å². The Labute approximate surface area is 160 Å². The third-order valence-electron chi connectivity index (χ3n) is 4.23. The van der Waals surface area contributed by atoms with E-state index in [1.165, 1.54) is 0 Å². The van der Waals surface area contributed by atoms with Crippen molar-refractivity contribution in [2.24, 2.45) is 0 Å². The van der Waals surface area contributed by atoms with Crippen LogP contribution in [-0.4, -0.2) is 43.5 Å². The fourth-order valence-corrected chi connectivity index (χ4v) is 2.67. The summed E-state index contributed by atoms with van der Waals surface area (Å²) < 4.78 is 5.10. The van der Waals surface area contributed by atoms with Crippen molar-refractivity contribution < 1.29 is 14.3 Å². The zero-order valence-corrected chi connectivity index (χ0v) is 16.1. The number of rotatable bonds is 9. The second-order valence-corrected chi connectivity index (χ2v) is 6.28. The molecular weight excluding hydrogens is 342 g/mol. The molecule has 2 rings (SSSR count). The number of anilines is 1. The number of nitrogens with one attached hydrogen (secondary N) is 2. The Balaban J connectivity index is 1.82. The predicted molar refractivity (Wildman–Crippen MR) is 107 cm³/mol. The molecule has 2 aromatic rings. The fourth-order valence-electron chi connectivity index (χ4n) is 2.67. The van der Waals surface area contributed by atoms with Crippen LogP contribution in [0.15, 0.2) is 54.6 Å². The van der Waals surface area contributed by atoms with Crippen LogP contribution in [0.3, 0.4) is 0 Å². The van der Waals surface area contributed by atoms with E-state index in [2.05, 4.69) is 10.6 Å². The summed E-state index contributed by atoms with van der Waals surface area (Å²) >= 11 is 0. The molecule has 6 nitrogen and oxygen atoms in total. The van der Waals surface area contributed by atoms with E-state index in [1.54, 1.807) is 36.3 Å². The maximum Gasteiger partial charge on any atom is 0.238 e. The minimum absolute atomic E-state index is 0.0782. The monoisotopic (exact) mass is 369 g/mol. The Bertz CT molecular complexity index is 732. The first-order chi connectivity index (χ1) is 13.0. The molecule has 0 aliphatic rings. The molecular formula is C21H27N3O3. The van der Waals surface area contributed by atoms with Gasteiger partial charge in [-0.05, 0) is 43.3 Å². The lowest BCUT2D eigenvalue weighted by molar-refractivity contribution is -0.123. The second kappa shape index (κ2) is 10.3. The number of amides is 2. The highest BCUT2D eigenvalue weighted by Crippen LogP contribution is 2.15. The molecule has 27 heavy (non-hydrogen) atoms. The van der Waals surface area contributed by atoms with Gasteiger partial charge in [0.2, 0.25) is 11.8 Å². The lowest BCUT2D eigenvalue weighted by atomic mass is 10.1. The van der Waals surface area contributed by atoms with Crippen molar-refractivity contribution in [2.75, 3.05) is 32.1 Å². The highest BCUT2D eigenvalue weighted by molar-refractivity contribution is 5.92. The van der Waals surface area contributed by atoms with Gasteiger partial charge in [-0.15, -0.1) is 0 Å². The average molecular weight is 369 g/mol. The first kappa shape index (κ1) is 20.5. The summed E-state index contributed by atoms with van der Waals surface area (Å²) in [6.45, 7) is 4.79. The summed E-state index contributed by atoms with van der Waals surface area (Å²) in [6, 6.07) is 16.8. The Morgan fingerprint density at radius 2 is 1.63 bits per heavy atom. The predicted octanol–water partition coefficient (Wildman–Crippen LogP) is 2.83. The molecule has 144 valence electrons. The molecule has 0 fully saturated rings. The van der Waals surface area contributed by atoms with E-state index in [0.29, 0.717) is 12.2 Å². The molecule has 0 aromatic heterocycles. The highest BCUT2D eigenvalue weighted by Gasteiger charge is 2.15. The van der Waals surface area contributed by atoms with Gasteiger partial charge in [-0.3, -0.25) is 14.5 Å². The van der Waals surface area contributed by atoms with Crippen LogP contribution >= 0.6 is 0 Å². The maximum atomic E-state index is 12.3. The summed E-state index contributed by atoms with van der Waals surface area (Å²) in [7, 11) is 1.59. The molecule has 0 spiro atoms. The van der Waals surface area contributed by atoms with Crippen molar-refractivity contribution in [3.8, 4) is 5.75 Å². The molecule has 0 saturated carbocycles. The second-order valence-electron chi connectivity index (χ2n) is 6.28. The number of benzene rings is 2. The quantitative estimate of drug-likeness (QED) is 0.713. The number of carbonyl (C=O) groups is 2. The standard InChI is InChI=1S/C21H27N3O3/c1-4-24(14-20(25)22-16(2)17-8-6-5-7-9-17)15-21(26)23-18-10-12-19(27-3)13-11-18/h5-13,16H,4,14-15H2,1-3H3,(H,22,25)(H,23,26)/t16-/m1/s1. The number of likely N-dealkylation sites (N-methyl/N-ethyl adjacent to an activating group) is 1. The van der Waals surface area contributed by atoms with Crippen LogP contribution in [0.4, 0.5) is 5.69 Å². The first-order valence-electron chi connectivity index (χ1n) is 9.02. The molecule has 2 amide bonds. The van der Waals surface area contributed by atoms with Crippen molar-refractivity contribution in [2.45, 2.75) is 19.9 Å². The van der Waals surface area contributed by atoms with Crippen LogP contribution in [0.25, 0.3) is 0 Å². The smallest absolute Gasteiger partial charge is 0.238 e. The van der Waals surface area contributed by atoms with Gasteiger partial charge >= 0.3 is 0 Å². The van der Waals surface area contributed by atoms with Gasteiger partial charge in [0, 0.05) is 5.69 Å². The first-order valence-corrected chi connectivity index (χ1v) is 9.02. The number of carbonyl (C=O) groups excluding carboxylic acids is 2. The van der Waals surface area contributed by atoms with Gasteiger partial charge in [-0.1, -0.05) is 37.3 Å². The van der Waals surface area contributed by atoms with Crippen LogP contribution in [0.1, 0.15) is 25.5 Å². The maximum absolute atomic E-state index is 12.3. The molecule has 2 aromatic carbocycles. The molecule has 0 aliphatic heterocycles. The number of ether oxygens (including phenoxy) is 1. The number of nitrogens with zero attached hydrogens (tertiary/aromatic N) is 1. The van der Waals surface area contributed by atoms with E-state index in [9.17, 15) is 9.59 Å². The normalized spacial score (nSPS) is 11.7. The van der Waals surface area contributed by atoms with E-state index >= 15 is 0 Å². The van der Waals surface area contributed by atoms with Gasteiger partial charge < -0.3 is 15.4 Å². The molecule has 0 saturated heterocycles. The van der Waals surface area contributed by atoms with Crippen molar-refractivity contribution in [1.29, 1.82) is 0 Å². The number of hydrogen-bond donors (Lipinski definition) is 2. The summed E-state index contributed by atoms with van der Waals surface area (Å²) in [5, 5.41) is 5.80. The Morgan fingerprint density at radius 1 is 1.00 bits per heavy atom. The lowest BCUT2D eigenvalue weighted by Gasteiger charge is -2.21. The van der Waals surface area contributed by atoms with Crippen molar-refractivity contribution in [3.63, 3.8) is 0 Å². The SMILES string of the molecule is CCN(CC(=O)Nc1ccc(OC)cc1)CC(=O)N[C@H](C)c1ccccc1. The third-order valence-corrected chi connectivity index (χ3v) is 4.23. The Morgan fingerprint density at radius 3 is 2.22 bits per heavy atom. The molecule has 6 heteroatoms. The van der Waals surface area contributed by atoms with Crippen molar-refractivity contribution in [3.05, 3.63) is 60.2 Å². The van der Waals surface area contributed by atoms with Gasteiger partial charge in [0.15, 0.2) is 0 Å². The number of hydrogen-bond acceptors (Lipinski definition) is 4. The Kier molecular flexibility index (Phi) is 7.82. The fraction of sp³-hybridized carbons (Fsp3) is 0.333. The van der Waals surface area contributed by atoms with Crippen LogP contribution < -0.4 is 15.4 Å². The topological polar surface area (TPSA) is 70.7 Å². The van der Waals surface area contributed by atoms with Crippen LogP contribution in [0.2, 0.25) is 0 Å². The zero-order valence-electron chi connectivity index (χ0n) is 16.1. The summed E-state index contributed by atoms with van der Waals surface area (Å²) in [5.41, 5.74) is 1.74. The van der Waals surface area contributed by atoms with Gasteiger partial charge in [0.05, 0.1) is 26.2 Å². The molecule has 0 bridgehead atoms. The largest absolute Gasteiger partial charge is 0.497 e. The van der Waals surface area contributed by atoms with E-state index in [-0.39, 0.29) is 30.9 Å². The van der Waals surface area contributed by atoms with Crippen molar-refractivity contribution in [1.82, 2.24) is 10.2 Å². The molecule has 0 radical (unpaired) electrons. The van der Waals surface area contributed by atoms with E-state index in [4.69, 9.17) is 4.74 Å². The number of methoxy groups -OCH3 is 1. The zero-order chi connectivity index (χ0) is 19.6. The molecule has 1 atom stereocenters. The lowest BCUT2D eigenvalue weighted by Crippen LogP contribution is -2.41. The van der Waals surface area contributed by atoms with E-state index in [0.717, 1.165) is 11.3 Å². The average Bonchev–Trinajstić information content (AvgIpc) is 2.68. The van der Waals surface area contributed by atoms with Gasteiger partial charge in [0.25, 0.3) is 0 Å². The molecule has 0 unspecified atom stereocenters. The summed E-state index contributed by atoms with van der Waals surface area (Å²) in [6.07, 6.45) is 0. The summed E-state index contributed by atoms with van der Waals surface area (Å²) in [5.74, 6) is 0.462. The third kappa shape index (κ3) is 6.75. The molecule has 0 aliphatic carbocycles. The minimum atomic E-state index is -0.161. The van der Waals surface area contributed by atoms with E-state index < -0.39 is 0 Å². The molecule has 0 heterocycles. The van der Waals surface area contributed by atoms with Crippen LogP contribution in [-0.2, 0) is 9.59 Å². The molecule has 2 N–H and O–H groups in total. The Hall–Kier alpha value is -2.86. The van der Waals surface area contributed by atoms with E-state index in [1.807, 2.05) is 44.2 Å². The minimum Gasteiger partial charge on any atom is -0.497 e. The van der Waals surface area contributed by atoms with Gasteiger partial charge in [-0.2, -0.15) is 0 Å².